The zero-order valence-corrected chi connectivity index (χ0v) is 17.5. The lowest BCUT2D eigenvalue weighted by Crippen LogP contribution is -2.40. The van der Waals surface area contributed by atoms with Crippen molar-refractivity contribution in [2.75, 3.05) is 40.4 Å². The van der Waals surface area contributed by atoms with Crippen LogP contribution in [-0.4, -0.2) is 61.0 Å². The first-order chi connectivity index (χ1) is 11.2. The second-order valence-corrected chi connectivity index (χ2v) is 6.37. The van der Waals surface area contributed by atoms with E-state index in [2.05, 4.69) is 33.6 Å². The maximum Gasteiger partial charge on any atom is 0.193 e. The fourth-order valence-electron chi connectivity index (χ4n) is 3.00. The summed E-state index contributed by atoms with van der Waals surface area (Å²) in [6, 6.07) is 0. The maximum absolute atomic E-state index is 5.42. The van der Waals surface area contributed by atoms with E-state index in [1.54, 1.807) is 0 Å². The highest BCUT2D eigenvalue weighted by Crippen LogP contribution is 2.18. The van der Waals surface area contributed by atoms with Crippen LogP contribution in [0.5, 0.6) is 0 Å². The third-order valence-electron chi connectivity index (χ3n) is 4.47. The molecule has 0 unspecified atom stereocenters. The van der Waals surface area contributed by atoms with Gasteiger partial charge in [0.2, 0.25) is 0 Å². The zero-order valence-electron chi connectivity index (χ0n) is 15.2. The summed E-state index contributed by atoms with van der Waals surface area (Å²) in [5.41, 5.74) is 1.29. The average Bonchev–Trinajstić information content (AvgIpc) is 2.99. The summed E-state index contributed by atoms with van der Waals surface area (Å²) < 4.78 is 7.28. The van der Waals surface area contributed by atoms with Crippen LogP contribution in [0.25, 0.3) is 0 Å². The minimum atomic E-state index is 0. The first-order valence-electron chi connectivity index (χ1n) is 8.66. The quantitative estimate of drug-likeness (QED) is 0.301. The van der Waals surface area contributed by atoms with E-state index in [1.807, 2.05) is 25.0 Å². The number of aryl methyl sites for hydroxylation is 2. The fourth-order valence-corrected chi connectivity index (χ4v) is 3.00. The minimum absolute atomic E-state index is 0. The van der Waals surface area contributed by atoms with E-state index in [4.69, 9.17) is 4.74 Å². The van der Waals surface area contributed by atoms with Crippen molar-refractivity contribution < 1.29 is 4.74 Å². The third kappa shape index (κ3) is 7.38. The van der Waals surface area contributed by atoms with Gasteiger partial charge in [0.25, 0.3) is 0 Å². The Labute approximate surface area is 163 Å². The van der Waals surface area contributed by atoms with Gasteiger partial charge in [0.1, 0.15) is 0 Å². The van der Waals surface area contributed by atoms with E-state index in [-0.39, 0.29) is 24.0 Å². The van der Waals surface area contributed by atoms with Gasteiger partial charge in [0, 0.05) is 53.6 Å². The molecule has 1 fully saturated rings. The first kappa shape index (κ1) is 21.2. The molecule has 0 aliphatic carbocycles. The molecule has 1 aliphatic rings. The number of halogens is 1. The lowest BCUT2D eigenvalue weighted by atomic mass is 9.96. The van der Waals surface area contributed by atoms with Crippen LogP contribution in [0, 0.1) is 5.92 Å². The maximum atomic E-state index is 5.42. The summed E-state index contributed by atoms with van der Waals surface area (Å²) in [5.74, 6) is 1.79. The molecule has 24 heavy (non-hydrogen) atoms. The zero-order chi connectivity index (χ0) is 16.5. The van der Waals surface area contributed by atoms with Crippen LogP contribution in [0.2, 0.25) is 0 Å². The van der Waals surface area contributed by atoms with Gasteiger partial charge >= 0.3 is 0 Å². The fraction of sp³-hybridized carbons (Fsp3) is 0.765. The van der Waals surface area contributed by atoms with E-state index in [0.717, 1.165) is 51.0 Å². The van der Waals surface area contributed by atoms with E-state index in [0.29, 0.717) is 0 Å². The summed E-state index contributed by atoms with van der Waals surface area (Å²) >= 11 is 0. The standard InChI is InChI=1S/C17H31N5O.HI/c1-18-17(19-9-4-5-16-13-20-22(3)14-16)21(2)10-6-15-7-11-23-12-8-15;/h13-15H,4-12H2,1-3H3,(H,18,19);1H. The summed E-state index contributed by atoms with van der Waals surface area (Å²) in [5, 5.41) is 7.66. The molecule has 0 saturated carbocycles. The van der Waals surface area contributed by atoms with E-state index < -0.39 is 0 Å². The largest absolute Gasteiger partial charge is 0.381 e. The number of hydrogen-bond donors (Lipinski definition) is 1. The van der Waals surface area contributed by atoms with Crippen molar-refractivity contribution in [2.24, 2.45) is 18.0 Å². The number of nitrogens with one attached hydrogen (secondary N) is 1. The summed E-state index contributed by atoms with van der Waals surface area (Å²) in [6.45, 7) is 3.83. The number of rotatable bonds is 7. The molecule has 0 aromatic carbocycles. The van der Waals surface area contributed by atoms with Gasteiger partial charge in [-0.25, -0.2) is 0 Å². The van der Waals surface area contributed by atoms with Gasteiger partial charge in [-0.3, -0.25) is 9.67 Å². The van der Waals surface area contributed by atoms with Crippen molar-refractivity contribution in [2.45, 2.75) is 32.1 Å². The molecular weight excluding hydrogens is 417 g/mol. The van der Waals surface area contributed by atoms with Crippen LogP contribution >= 0.6 is 24.0 Å². The number of guanidine groups is 1. The van der Waals surface area contributed by atoms with Gasteiger partial charge in [-0.1, -0.05) is 0 Å². The van der Waals surface area contributed by atoms with E-state index in [1.165, 1.54) is 24.8 Å². The van der Waals surface area contributed by atoms with Gasteiger partial charge in [-0.15, -0.1) is 24.0 Å². The average molecular weight is 449 g/mol. The van der Waals surface area contributed by atoms with Crippen molar-refractivity contribution in [1.82, 2.24) is 20.0 Å². The van der Waals surface area contributed by atoms with Crippen molar-refractivity contribution in [1.29, 1.82) is 0 Å². The Balaban J connectivity index is 0.00000288. The highest BCUT2D eigenvalue weighted by atomic mass is 127. The molecule has 0 atom stereocenters. The summed E-state index contributed by atoms with van der Waals surface area (Å²) in [6.07, 6.45) is 9.76. The van der Waals surface area contributed by atoms with Crippen molar-refractivity contribution >= 4 is 29.9 Å². The molecule has 7 heteroatoms. The van der Waals surface area contributed by atoms with Crippen molar-refractivity contribution in [3.05, 3.63) is 18.0 Å². The minimum Gasteiger partial charge on any atom is -0.381 e. The topological polar surface area (TPSA) is 54.7 Å². The van der Waals surface area contributed by atoms with Crippen LogP contribution < -0.4 is 5.32 Å². The molecule has 6 nitrogen and oxygen atoms in total. The molecule has 1 N–H and O–H groups in total. The molecule has 1 aromatic heterocycles. The second kappa shape index (κ2) is 11.7. The van der Waals surface area contributed by atoms with Gasteiger partial charge in [-0.05, 0) is 43.6 Å². The Bertz CT molecular complexity index is 485. The first-order valence-corrected chi connectivity index (χ1v) is 8.66. The van der Waals surface area contributed by atoms with E-state index in [9.17, 15) is 0 Å². The monoisotopic (exact) mass is 449 g/mol. The molecule has 0 spiro atoms. The summed E-state index contributed by atoms with van der Waals surface area (Å²) in [4.78, 5) is 6.63. The third-order valence-corrected chi connectivity index (χ3v) is 4.47. The van der Waals surface area contributed by atoms with Gasteiger partial charge in [0.15, 0.2) is 5.96 Å². The molecular formula is C17H32IN5O. The van der Waals surface area contributed by atoms with Crippen molar-refractivity contribution in [3.8, 4) is 0 Å². The molecule has 1 aliphatic heterocycles. The molecule has 0 bridgehead atoms. The molecule has 0 amide bonds. The lowest BCUT2D eigenvalue weighted by molar-refractivity contribution is 0.0625. The Hall–Kier alpha value is -0.830. The van der Waals surface area contributed by atoms with Gasteiger partial charge in [-0.2, -0.15) is 5.10 Å². The second-order valence-electron chi connectivity index (χ2n) is 6.37. The van der Waals surface area contributed by atoms with Crippen LogP contribution in [0.1, 0.15) is 31.2 Å². The molecule has 2 rings (SSSR count). The number of nitrogens with zero attached hydrogens (tertiary/aromatic N) is 4. The van der Waals surface area contributed by atoms with Crippen LogP contribution in [0.3, 0.4) is 0 Å². The van der Waals surface area contributed by atoms with Gasteiger partial charge < -0.3 is 15.0 Å². The molecule has 1 aromatic rings. The number of aliphatic imine (C=N–C) groups is 1. The predicted octanol–water partition coefficient (Wildman–Crippen LogP) is 2.29. The molecule has 0 radical (unpaired) electrons. The number of aromatic nitrogens is 2. The number of ether oxygens (including phenoxy) is 1. The Kier molecular flexibility index (Phi) is 10.3. The summed E-state index contributed by atoms with van der Waals surface area (Å²) in [7, 11) is 5.93. The smallest absolute Gasteiger partial charge is 0.193 e. The normalized spacial score (nSPS) is 15.9. The molecule has 138 valence electrons. The van der Waals surface area contributed by atoms with Crippen LogP contribution in [0.4, 0.5) is 0 Å². The highest BCUT2D eigenvalue weighted by molar-refractivity contribution is 14.0. The van der Waals surface area contributed by atoms with Gasteiger partial charge in [0.05, 0.1) is 6.20 Å². The lowest BCUT2D eigenvalue weighted by Gasteiger charge is -2.26. The number of hydrogen-bond acceptors (Lipinski definition) is 3. The highest BCUT2D eigenvalue weighted by Gasteiger charge is 2.15. The predicted molar refractivity (Wildman–Crippen MR) is 109 cm³/mol. The molecule has 1 saturated heterocycles. The Morgan fingerprint density at radius 1 is 1.46 bits per heavy atom. The van der Waals surface area contributed by atoms with Crippen LogP contribution in [0.15, 0.2) is 17.4 Å². The van der Waals surface area contributed by atoms with Crippen molar-refractivity contribution in [3.63, 3.8) is 0 Å². The van der Waals surface area contributed by atoms with E-state index >= 15 is 0 Å². The molecule has 2 heterocycles. The SMILES string of the molecule is CN=C(NCCCc1cnn(C)c1)N(C)CCC1CCOCC1.I. The Morgan fingerprint density at radius 2 is 2.21 bits per heavy atom. The Morgan fingerprint density at radius 3 is 2.83 bits per heavy atom. The van der Waals surface area contributed by atoms with Crippen LogP contribution in [-0.2, 0) is 18.2 Å².